The normalized spacial score (nSPS) is 10.8. The first-order valence-electron chi connectivity index (χ1n) is 5.63. The van der Waals surface area contributed by atoms with Crippen molar-refractivity contribution in [3.8, 4) is 0 Å². The van der Waals surface area contributed by atoms with Crippen LogP contribution >= 0.6 is 0 Å². The van der Waals surface area contributed by atoms with Gasteiger partial charge in [0.15, 0.2) is 0 Å². The van der Waals surface area contributed by atoms with Gasteiger partial charge < -0.3 is 5.32 Å². The van der Waals surface area contributed by atoms with Gasteiger partial charge in [-0.3, -0.25) is 0 Å². The Balaban J connectivity index is 2.12. The Labute approximate surface area is 107 Å². The minimum atomic E-state index is -2.56. The molecule has 0 unspecified atom stereocenters. The largest absolute Gasteiger partial charge is 0.376 e. The Bertz CT molecular complexity index is 549. The van der Waals surface area contributed by atoms with Crippen LogP contribution in [-0.4, -0.2) is 0 Å². The number of halogens is 4. The van der Waals surface area contributed by atoms with Crippen LogP contribution in [0.4, 0.5) is 23.2 Å². The van der Waals surface area contributed by atoms with Gasteiger partial charge in [-0.1, -0.05) is 24.3 Å². The highest BCUT2D eigenvalue weighted by Crippen LogP contribution is 2.21. The van der Waals surface area contributed by atoms with Crippen molar-refractivity contribution < 1.29 is 17.6 Å². The summed E-state index contributed by atoms with van der Waals surface area (Å²) in [6, 6.07) is 9.21. The summed E-state index contributed by atoms with van der Waals surface area (Å²) in [7, 11) is 0. The Morgan fingerprint density at radius 3 is 2.21 bits per heavy atom. The number of alkyl halides is 2. The maximum Gasteiger partial charge on any atom is 0.263 e. The van der Waals surface area contributed by atoms with Gasteiger partial charge >= 0.3 is 0 Å². The number of nitrogens with one attached hydrogen (secondary N) is 1. The fourth-order valence-electron chi connectivity index (χ4n) is 1.70. The number of benzene rings is 2. The van der Waals surface area contributed by atoms with Crippen molar-refractivity contribution in [2.24, 2.45) is 0 Å². The van der Waals surface area contributed by atoms with Crippen LogP contribution in [-0.2, 0) is 6.54 Å². The maximum absolute atomic E-state index is 13.3. The fourth-order valence-corrected chi connectivity index (χ4v) is 1.70. The summed E-state index contributed by atoms with van der Waals surface area (Å²) in [5, 5.41) is 2.57. The van der Waals surface area contributed by atoms with E-state index in [4.69, 9.17) is 0 Å². The molecule has 0 heterocycles. The average molecular weight is 269 g/mol. The zero-order valence-corrected chi connectivity index (χ0v) is 9.84. The third-order valence-electron chi connectivity index (χ3n) is 2.64. The quantitative estimate of drug-likeness (QED) is 0.805. The van der Waals surface area contributed by atoms with Gasteiger partial charge in [0, 0.05) is 12.1 Å². The monoisotopic (exact) mass is 269 g/mol. The second-order valence-corrected chi connectivity index (χ2v) is 4.00. The molecule has 0 aliphatic heterocycles. The molecule has 1 N–H and O–H groups in total. The number of hydrogen-bond acceptors (Lipinski definition) is 1. The van der Waals surface area contributed by atoms with Gasteiger partial charge in [0.1, 0.15) is 17.3 Å². The number of anilines is 1. The van der Waals surface area contributed by atoms with Crippen LogP contribution in [0, 0.1) is 11.6 Å². The fraction of sp³-hybridized carbons (Fsp3) is 0.143. The highest BCUT2D eigenvalue weighted by molar-refractivity contribution is 5.46. The zero-order chi connectivity index (χ0) is 13.8. The van der Waals surface area contributed by atoms with E-state index in [1.54, 1.807) is 6.07 Å². The van der Waals surface area contributed by atoms with Gasteiger partial charge in [-0.2, -0.15) is 0 Å². The first-order valence-corrected chi connectivity index (χ1v) is 5.63. The summed E-state index contributed by atoms with van der Waals surface area (Å²) in [5.41, 5.74) is 0.152. The first-order chi connectivity index (χ1) is 9.08. The summed E-state index contributed by atoms with van der Waals surface area (Å²) in [6.07, 6.45) is -2.56. The van der Waals surface area contributed by atoms with Gasteiger partial charge in [-0.15, -0.1) is 0 Å². The minimum Gasteiger partial charge on any atom is -0.376 e. The predicted octanol–water partition coefficient (Wildman–Crippen LogP) is 4.51. The zero-order valence-electron chi connectivity index (χ0n) is 9.84. The third-order valence-corrected chi connectivity index (χ3v) is 2.64. The summed E-state index contributed by atoms with van der Waals surface area (Å²) in [4.78, 5) is 0. The van der Waals surface area contributed by atoms with Gasteiger partial charge in [-0.25, -0.2) is 17.6 Å². The summed E-state index contributed by atoms with van der Waals surface area (Å²) >= 11 is 0. The molecular formula is C14H11F4N. The number of para-hydroxylation sites is 1. The first kappa shape index (κ1) is 13.4. The molecule has 0 saturated heterocycles. The van der Waals surface area contributed by atoms with Crippen molar-refractivity contribution in [1.82, 2.24) is 0 Å². The van der Waals surface area contributed by atoms with Crippen LogP contribution in [0.5, 0.6) is 0 Å². The topological polar surface area (TPSA) is 12.0 Å². The molecule has 19 heavy (non-hydrogen) atoms. The SMILES string of the molecule is Fc1cccc(F)c1NCc1cccc(C(F)F)c1. The number of hydrogen-bond donors (Lipinski definition) is 1. The van der Waals surface area contributed by atoms with Gasteiger partial charge in [0.2, 0.25) is 0 Å². The lowest BCUT2D eigenvalue weighted by molar-refractivity contribution is 0.151. The van der Waals surface area contributed by atoms with Gasteiger partial charge in [-0.05, 0) is 23.8 Å². The lowest BCUT2D eigenvalue weighted by Gasteiger charge is -2.09. The molecule has 2 aromatic rings. The lowest BCUT2D eigenvalue weighted by Crippen LogP contribution is -2.04. The molecule has 0 atom stereocenters. The van der Waals surface area contributed by atoms with E-state index in [0.717, 1.165) is 12.1 Å². The van der Waals surface area contributed by atoms with E-state index < -0.39 is 18.1 Å². The lowest BCUT2D eigenvalue weighted by atomic mass is 10.1. The van der Waals surface area contributed by atoms with Crippen LogP contribution in [0.15, 0.2) is 42.5 Å². The van der Waals surface area contributed by atoms with E-state index in [1.165, 1.54) is 24.3 Å². The molecule has 0 saturated carbocycles. The van der Waals surface area contributed by atoms with Crippen molar-refractivity contribution >= 4 is 5.69 Å². The maximum atomic E-state index is 13.3. The van der Waals surface area contributed by atoms with Crippen molar-refractivity contribution in [2.45, 2.75) is 13.0 Å². The summed E-state index contributed by atoms with van der Waals surface area (Å²) in [6.45, 7) is 0.0679. The van der Waals surface area contributed by atoms with Crippen molar-refractivity contribution in [1.29, 1.82) is 0 Å². The molecule has 0 amide bonds. The smallest absolute Gasteiger partial charge is 0.263 e. The van der Waals surface area contributed by atoms with Crippen molar-refractivity contribution in [3.63, 3.8) is 0 Å². The molecule has 0 aromatic heterocycles. The molecule has 0 bridgehead atoms. The highest BCUT2D eigenvalue weighted by Gasteiger charge is 2.09. The molecule has 0 spiro atoms. The van der Waals surface area contributed by atoms with Crippen LogP contribution in [0.1, 0.15) is 17.6 Å². The predicted molar refractivity (Wildman–Crippen MR) is 65.1 cm³/mol. The van der Waals surface area contributed by atoms with E-state index in [2.05, 4.69) is 5.32 Å². The van der Waals surface area contributed by atoms with Crippen LogP contribution in [0.2, 0.25) is 0 Å². The van der Waals surface area contributed by atoms with E-state index in [1.807, 2.05) is 0 Å². The van der Waals surface area contributed by atoms with E-state index >= 15 is 0 Å². The number of rotatable bonds is 4. The Hall–Kier alpha value is -2.04. The van der Waals surface area contributed by atoms with Crippen molar-refractivity contribution in [2.75, 3.05) is 5.32 Å². The van der Waals surface area contributed by atoms with Crippen LogP contribution in [0.25, 0.3) is 0 Å². The molecular weight excluding hydrogens is 258 g/mol. The van der Waals surface area contributed by atoms with E-state index in [-0.39, 0.29) is 17.8 Å². The van der Waals surface area contributed by atoms with Crippen molar-refractivity contribution in [3.05, 3.63) is 65.2 Å². The average Bonchev–Trinajstić information content (AvgIpc) is 2.38. The Kier molecular flexibility index (Phi) is 4.04. The van der Waals surface area contributed by atoms with Crippen LogP contribution in [0.3, 0.4) is 0 Å². The molecule has 1 nitrogen and oxygen atoms in total. The molecule has 0 aliphatic carbocycles. The standard InChI is InChI=1S/C14H11F4N/c15-11-5-2-6-12(16)13(11)19-8-9-3-1-4-10(7-9)14(17)18/h1-7,14,19H,8H2. The second kappa shape index (κ2) is 5.73. The van der Waals surface area contributed by atoms with Gasteiger partial charge in [0.05, 0.1) is 0 Å². The Morgan fingerprint density at radius 2 is 1.58 bits per heavy atom. The molecule has 2 rings (SSSR count). The summed E-state index contributed by atoms with van der Waals surface area (Å²) < 4.78 is 51.7. The van der Waals surface area contributed by atoms with Crippen LogP contribution < -0.4 is 5.32 Å². The van der Waals surface area contributed by atoms with E-state index in [0.29, 0.717) is 5.56 Å². The molecule has 0 fully saturated rings. The Morgan fingerprint density at radius 1 is 0.947 bits per heavy atom. The molecule has 2 aromatic carbocycles. The highest BCUT2D eigenvalue weighted by atomic mass is 19.3. The molecule has 5 heteroatoms. The second-order valence-electron chi connectivity index (χ2n) is 4.00. The third kappa shape index (κ3) is 3.24. The van der Waals surface area contributed by atoms with E-state index in [9.17, 15) is 17.6 Å². The van der Waals surface area contributed by atoms with Gasteiger partial charge in [0.25, 0.3) is 6.43 Å². The molecule has 0 radical (unpaired) electrons. The molecule has 100 valence electrons. The minimum absolute atomic E-state index is 0.0679. The summed E-state index contributed by atoms with van der Waals surface area (Å²) in [5.74, 6) is -1.44. The molecule has 0 aliphatic rings.